The molecule has 5 aromatic carbocycles. The number of hydrogen-bond acceptors (Lipinski definition) is 1. The van der Waals surface area contributed by atoms with Crippen LogP contribution in [0.1, 0.15) is 33.4 Å². The van der Waals surface area contributed by atoms with E-state index in [0.717, 1.165) is 33.4 Å². The van der Waals surface area contributed by atoms with Gasteiger partial charge in [-0.25, -0.2) is 4.68 Å². The first-order valence-corrected chi connectivity index (χ1v) is 14.1. The fraction of sp³-hybridized carbons (Fsp3) is 0.162. The molecule has 0 aliphatic rings. The summed E-state index contributed by atoms with van der Waals surface area (Å²) in [4.78, 5) is 0. The highest BCUT2D eigenvalue weighted by Crippen LogP contribution is 2.39. The maximum Gasteiger partial charge on any atom is 0.101 e. The van der Waals surface area contributed by atoms with Gasteiger partial charge in [0.25, 0.3) is 0 Å². The molecule has 6 aromatic rings. The molecule has 40 heavy (non-hydrogen) atoms. The van der Waals surface area contributed by atoms with Gasteiger partial charge in [0.15, 0.2) is 0 Å². The van der Waals surface area contributed by atoms with Crippen LogP contribution in [0.2, 0.25) is 5.02 Å². The second kappa shape index (κ2) is 10.1. The third kappa shape index (κ3) is 4.43. The van der Waals surface area contributed by atoms with E-state index in [1.54, 1.807) is 0 Å². The van der Waals surface area contributed by atoms with Crippen molar-refractivity contribution in [3.05, 3.63) is 129 Å². The molecule has 2 nitrogen and oxygen atoms in total. The summed E-state index contributed by atoms with van der Waals surface area (Å²) < 4.78 is 2.00. The molecular formula is C37H33ClN2. The Morgan fingerprint density at radius 3 is 1.75 bits per heavy atom. The van der Waals surface area contributed by atoms with Crippen molar-refractivity contribution in [3.63, 3.8) is 0 Å². The molecule has 0 amide bonds. The Labute approximate surface area is 241 Å². The highest BCUT2D eigenvalue weighted by molar-refractivity contribution is 6.35. The van der Waals surface area contributed by atoms with Crippen LogP contribution in [0.15, 0.2) is 91.0 Å². The van der Waals surface area contributed by atoms with Crippen LogP contribution in [-0.4, -0.2) is 9.78 Å². The minimum atomic E-state index is 0.690. The first-order valence-electron chi connectivity index (χ1n) is 13.8. The van der Waals surface area contributed by atoms with Crippen molar-refractivity contribution in [1.82, 2.24) is 9.78 Å². The molecule has 3 heteroatoms. The van der Waals surface area contributed by atoms with E-state index < -0.39 is 0 Å². The lowest BCUT2D eigenvalue weighted by Crippen LogP contribution is -1.99. The van der Waals surface area contributed by atoms with Gasteiger partial charge < -0.3 is 0 Å². The predicted octanol–water partition coefficient (Wildman–Crippen LogP) is 10.5. The van der Waals surface area contributed by atoms with Gasteiger partial charge in [-0.15, -0.1) is 0 Å². The first-order chi connectivity index (χ1) is 19.2. The lowest BCUT2D eigenvalue weighted by atomic mass is 9.92. The van der Waals surface area contributed by atoms with Gasteiger partial charge in [-0.3, -0.25) is 0 Å². The standard InChI is InChI=1S/C37H33ClN2/c1-22-18-24(3)34(25(4)19-22)29-16-14-28(15-17-29)30-11-9-13-33(36(30)38)40-32-12-8-7-10-31(32)37(39-40)35-26(5)20-23(2)21-27(35)6/h7-21H,1-6H3. The summed E-state index contributed by atoms with van der Waals surface area (Å²) in [5, 5.41) is 7.00. The normalized spacial score (nSPS) is 11.4. The molecule has 0 spiro atoms. The average molecular weight is 541 g/mol. The van der Waals surface area contributed by atoms with E-state index in [-0.39, 0.29) is 0 Å². The third-order valence-electron chi connectivity index (χ3n) is 7.87. The number of fused-ring (bicyclic) bond motifs is 1. The molecule has 0 radical (unpaired) electrons. The van der Waals surface area contributed by atoms with Gasteiger partial charge in [0.1, 0.15) is 5.69 Å². The van der Waals surface area contributed by atoms with E-state index in [4.69, 9.17) is 16.7 Å². The summed E-state index contributed by atoms with van der Waals surface area (Å²) in [7, 11) is 0. The molecule has 0 bridgehead atoms. The summed E-state index contributed by atoms with van der Waals surface area (Å²) in [5.41, 5.74) is 16.3. The van der Waals surface area contributed by atoms with Gasteiger partial charge in [0.05, 0.1) is 16.2 Å². The smallest absolute Gasteiger partial charge is 0.101 e. The Morgan fingerprint density at radius 1 is 0.575 bits per heavy atom. The van der Waals surface area contributed by atoms with Crippen molar-refractivity contribution in [3.8, 4) is 39.2 Å². The molecule has 0 aliphatic carbocycles. The Balaban J connectivity index is 1.47. The molecule has 0 aliphatic heterocycles. The molecule has 0 unspecified atom stereocenters. The topological polar surface area (TPSA) is 17.8 Å². The predicted molar refractivity (Wildman–Crippen MR) is 171 cm³/mol. The number of nitrogens with zero attached hydrogens (tertiary/aromatic N) is 2. The minimum absolute atomic E-state index is 0.690. The zero-order valence-electron chi connectivity index (χ0n) is 23.9. The molecule has 1 aromatic heterocycles. The van der Waals surface area contributed by atoms with Crippen LogP contribution in [0.3, 0.4) is 0 Å². The van der Waals surface area contributed by atoms with Gasteiger partial charge in [-0.1, -0.05) is 102 Å². The zero-order valence-corrected chi connectivity index (χ0v) is 24.7. The van der Waals surface area contributed by atoms with Crippen molar-refractivity contribution in [2.24, 2.45) is 0 Å². The van der Waals surface area contributed by atoms with Crippen molar-refractivity contribution in [2.75, 3.05) is 0 Å². The minimum Gasteiger partial charge on any atom is -0.231 e. The van der Waals surface area contributed by atoms with Gasteiger partial charge in [0, 0.05) is 16.5 Å². The van der Waals surface area contributed by atoms with E-state index >= 15 is 0 Å². The summed E-state index contributed by atoms with van der Waals surface area (Å²) >= 11 is 7.18. The van der Waals surface area contributed by atoms with Crippen molar-refractivity contribution < 1.29 is 0 Å². The van der Waals surface area contributed by atoms with Crippen LogP contribution in [0.4, 0.5) is 0 Å². The molecule has 0 N–H and O–H groups in total. The number of para-hydroxylation sites is 1. The number of aryl methyl sites for hydroxylation is 6. The van der Waals surface area contributed by atoms with Crippen LogP contribution >= 0.6 is 11.6 Å². The van der Waals surface area contributed by atoms with Gasteiger partial charge in [-0.2, -0.15) is 5.10 Å². The van der Waals surface area contributed by atoms with Gasteiger partial charge in [0.2, 0.25) is 0 Å². The Morgan fingerprint density at radius 2 is 1.12 bits per heavy atom. The Kier molecular flexibility index (Phi) is 6.60. The van der Waals surface area contributed by atoms with E-state index in [0.29, 0.717) is 5.02 Å². The fourth-order valence-electron chi connectivity index (χ4n) is 6.35. The summed E-state index contributed by atoms with van der Waals surface area (Å²) in [6.45, 7) is 13.0. The molecule has 1 heterocycles. The van der Waals surface area contributed by atoms with Gasteiger partial charge in [-0.05, 0) is 92.6 Å². The lowest BCUT2D eigenvalue weighted by Gasteiger charge is -2.14. The van der Waals surface area contributed by atoms with Crippen LogP contribution in [0.5, 0.6) is 0 Å². The fourth-order valence-corrected chi connectivity index (χ4v) is 6.66. The second-order valence-corrected chi connectivity index (χ2v) is 11.4. The van der Waals surface area contributed by atoms with Crippen LogP contribution in [0.25, 0.3) is 50.1 Å². The number of rotatable bonds is 4. The number of halogens is 1. The molecule has 0 atom stereocenters. The van der Waals surface area contributed by atoms with Crippen LogP contribution < -0.4 is 0 Å². The summed E-state index contributed by atoms with van der Waals surface area (Å²) in [6, 6.07) is 32.3. The maximum absolute atomic E-state index is 7.18. The molecule has 0 saturated heterocycles. The molecule has 0 saturated carbocycles. The van der Waals surface area contributed by atoms with Crippen molar-refractivity contribution in [1.29, 1.82) is 0 Å². The third-order valence-corrected chi connectivity index (χ3v) is 8.27. The van der Waals surface area contributed by atoms with Gasteiger partial charge >= 0.3 is 0 Å². The molecule has 6 rings (SSSR count). The Hall–Kier alpha value is -4.14. The SMILES string of the molecule is Cc1cc(C)c(-c2ccc(-c3cccc(-n4nc(-c5c(C)cc(C)cc5C)c5ccccc54)c3Cl)cc2)c(C)c1. The zero-order chi connectivity index (χ0) is 28.1. The molecular weight excluding hydrogens is 508 g/mol. The lowest BCUT2D eigenvalue weighted by molar-refractivity contribution is 0.914. The van der Waals surface area contributed by atoms with Crippen LogP contribution in [-0.2, 0) is 0 Å². The van der Waals surface area contributed by atoms with Crippen LogP contribution in [0, 0.1) is 41.5 Å². The molecule has 0 fully saturated rings. The quantitative estimate of drug-likeness (QED) is 0.217. The van der Waals surface area contributed by atoms with E-state index in [9.17, 15) is 0 Å². The Bertz CT molecular complexity index is 1860. The summed E-state index contributed by atoms with van der Waals surface area (Å²) in [6.07, 6.45) is 0. The van der Waals surface area contributed by atoms with Crippen molar-refractivity contribution >= 4 is 22.5 Å². The maximum atomic E-state index is 7.18. The number of benzene rings is 5. The highest BCUT2D eigenvalue weighted by Gasteiger charge is 2.19. The average Bonchev–Trinajstić information content (AvgIpc) is 3.27. The monoisotopic (exact) mass is 540 g/mol. The number of hydrogen-bond donors (Lipinski definition) is 0. The van der Waals surface area contributed by atoms with Crippen molar-refractivity contribution in [2.45, 2.75) is 41.5 Å². The molecule has 198 valence electrons. The van der Waals surface area contributed by atoms with E-state index in [2.05, 4.69) is 133 Å². The van der Waals surface area contributed by atoms with E-state index in [1.807, 2.05) is 4.68 Å². The summed E-state index contributed by atoms with van der Waals surface area (Å²) in [5.74, 6) is 0. The first kappa shape index (κ1) is 26.1. The second-order valence-electron chi connectivity index (χ2n) is 11.0. The highest BCUT2D eigenvalue weighted by atomic mass is 35.5. The number of aromatic nitrogens is 2. The largest absolute Gasteiger partial charge is 0.231 e. The van der Waals surface area contributed by atoms with E-state index in [1.165, 1.54) is 50.1 Å².